The number of nitrogens with one attached hydrogen (secondary N) is 3. The van der Waals surface area contributed by atoms with Crippen molar-refractivity contribution in [1.82, 2.24) is 24.9 Å². The van der Waals surface area contributed by atoms with Gasteiger partial charge in [-0.05, 0) is 105 Å². The Hall–Kier alpha value is -4.82. The molecule has 44 heavy (non-hydrogen) atoms. The molecule has 1 saturated carbocycles. The van der Waals surface area contributed by atoms with Gasteiger partial charge in [-0.15, -0.1) is 0 Å². The molecule has 3 unspecified atom stereocenters. The largest absolute Gasteiger partial charge is 0.378 e. The molecule has 3 N–H and O–H groups in total. The molecule has 8 nitrogen and oxygen atoms in total. The Balaban J connectivity index is 1.05. The molecular weight excluding hydrogens is 546 g/mol. The summed E-state index contributed by atoms with van der Waals surface area (Å²) in [6.45, 7) is 9.45. The quantitative estimate of drug-likeness (QED) is 0.183. The van der Waals surface area contributed by atoms with E-state index in [2.05, 4.69) is 70.8 Å². The van der Waals surface area contributed by atoms with Gasteiger partial charge in [0.15, 0.2) is 5.82 Å². The number of H-pyrrole nitrogens is 1. The first-order valence-electron chi connectivity index (χ1n) is 15.3. The summed E-state index contributed by atoms with van der Waals surface area (Å²) in [4.78, 5) is 22.1. The number of pyridine rings is 3. The van der Waals surface area contributed by atoms with Crippen LogP contribution in [0.25, 0.3) is 33.5 Å². The number of aryl methyl sites for hydroxylation is 2. The molecule has 4 atom stereocenters. The zero-order chi connectivity index (χ0) is 30.0. The maximum atomic E-state index is 6.00. The van der Waals surface area contributed by atoms with Gasteiger partial charge in [-0.2, -0.15) is 0 Å². The summed E-state index contributed by atoms with van der Waals surface area (Å²) in [5.41, 5.74) is 11.1. The summed E-state index contributed by atoms with van der Waals surface area (Å²) < 4.78 is 6.00. The predicted molar refractivity (Wildman–Crippen MR) is 176 cm³/mol. The lowest BCUT2D eigenvalue weighted by Crippen LogP contribution is -2.27. The Morgan fingerprint density at radius 1 is 0.818 bits per heavy atom. The summed E-state index contributed by atoms with van der Waals surface area (Å²) in [6, 6.07) is 23.1. The normalized spacial score (nSPS) is 22.6. The Morgan fingerprint density at radius 3 is 2.50 bits per heavy atom. The number of aromatic nitrogens is 5. The fraction of sp³-hybridized carbons (Fsp3) is 0.278. The summed E-state index contributed by atoms with van der Waals surface area (Å²) in [5.74, 6) is 1.93. The van der Waals surface area contributed by atoms with Crippen LogP contribution in [0.3, 0.4) is 0 Å². The predicted octanol–water partition coefficient (Wildman–Crippen LogP) is 7.98. The first-order chi connectivity index (χ1) is 21.4. The fourth-order valence-electron chi connectivity index (χ4n) is 7.52. The minimum Gasteiger partial charge on any atom is -0.378 e. The van der Waals surface area contributed by atoms with E-state index >= 15 is 0 Å². The van der Waals surface area contributed by atoms with Gasteiger partial charge < -0.3 is 20.4 Å². The fourth-order valence-corrected chi connectivity index (χ4v) is 7.52. The van der Waals surface area contributed by atoms with Gasteiger partial charge in [-0.3, -0.25) is 15.0 Å². The highest BCUT2D eigenvalue weighted by Gasteiger charge is 2.66. The van der Waals surface area contributed by atoms with Crippen molar-refractivity contribution in [2.75, 3.05) is 17.2 Å². The van der Waals surface area contributed by atoms with Gasteiger partial charge in [0.2, 0.25) is 0 Å². The molecule has 0 amide bonds. The van der Waals surface area contributed by atoms with Gasteiger partial charge in [-0.1, -0.05) is 13.0 Å². The van der Waals surface area contributed by atoms with Gasteiger partial charge in [0, 0.05) is 52.1 Å². The Labute approximate surface area is 256 Å². The number of benzene rings is 2. The number of hydrogen-bond acceptors (Lipinski definition) is 7. The van der Waals surface area contributed by atoms with Crippen molar-refractivity contribution in [3.05, 3.63) is 96.1 Å². The van der Waals surface area contributed by atoms with Crippen molar-refractivity contribution >= 4 is 44.7 Å². The number of imidazole rings is 1. The van der Waals surface area contributed by atoms with E-state index in [9.17, 15) is 0 Å². The molecule has 0 radical (unpaired) electrons. The van der Waals surface area contributed by atoms with Crippen molar-refractivity contribution in [3.8, 4) is 11.5 Å². The second kappa shape index (κ2) is 10.1. The third kappa shape index (κ3) is 4.48. The van der Waals surface area contributed by atoms with E-state index in [0.717, 1.165) is 80.6 Å². The molecular formula is C36H35N7O. The molecule has 2 aromatic carbocycles. The molecule has 1 aliphatic carbocycles. The molecule has 1 saturated heterocycles. The van der Waals surface area contributed by atoms with Crippen molar-refractivity contribution in [1.29, 1.82) is 0 Å². The van der Waals surface area contributed by atoms with E-state index in [1.807, 2.05) is 50.4 Å². The molecule has 5 heterocycles. The molecule has 2 fully saturated rings. The lowest BCUT2D eigenvalue weighted by Gasteiger charge is -2.27. The molecule has 8 heteroatoms. The molecule has 220 valence electrons. The van der Waals surface area contributed by atoms with E-state index in [-0.39, 0.29) is 5.41 Å². The molecule has 6 aromatic rings. The topological polar surface area (TPSA) is 101 Å². The van der Waals surface area contributed by atoms with E-state index in [1.54, 1.807) is 6.20 Å². The van der Waals surface area contributed by atoms with Gasteiger partial charge >= 0.3 is 0 Å². The maximum Gasteiger partial charge on any atom is 0.157 e. The second-order valence-corrected chi connectivity index (χ2v) is 12.4. The van der Waals surface area contributed by atoms with Gasteiger partial charge in [-0.25, -0.2) is 4.98 Å². The number of rotatable bonds is 6. The van der Waals surface area contributed by atoms with Crippen LogP contribution in [-0.2, 0) is 10.2 Å². The number of fused-ring (bicyclic) bond motifs is 3. The van der Waals surface area contributed by atoms with E-state index < -0.39 is 0 Å². The second-order valence-electron chi connectivity index (χ2n) is 12.4. The number of aromatic amines is 1. The van der Waals surface area contributed by atoms with Crippen LogP contribution in [0, 0.1) is 25.7 Å². The zero-order valence-electron chi connectivity index (χ0n) is 25.3. The number of hydrogen-bond donors (Lipinski definition) is 3. The summed E-state index contributed by atoms with van der Waals surface area (Å²) in [5, 5.41) is 8.21. The highest BCUT2D eigenvalue weighted by atomic mass is 16.5. The molecule has 0 bridgehead atoms. The standard InChI is InChI=1S/C36H35N7O/c1-20-15-26(11-13-37-20)40-25-6-9-30-33(18-25)43-35(42-30)31-10-7-27(19-38-31)41-32-16-21(2)39-29-8-5-24(17-28(29)32)36-12-14-44-23(4)34(36)22(36)3/h5-11,13,15-19,22-23,34H,12,14H2,1-4H3,(H,37,40)(H,39,41)(H,42,43)/t22-,23?,34?,36?/m1/s1. The minimum absolute atomic E-state index is 0.207. The average Bonchev–Trinajstić information content (AvgIpc) is 3.42. The van der Waals surface area contributed by atoms with Gasteiger partial charge in [0.1, 0.15) is 5.69 Å². The molecule has 1 aliphatic heterocycles. The molecule has 2 aliphatic rings. The summed E-state index contributed by atoms with van der Waals surface area (Å²) >= 11 is 0. The van der Waals surface area contributed by atoms with E-state index in [4.69, 9.17) is 19.7 Å². The van der Waals surface area contributed by atoms with Crippen LogP contribution < -0.4 is 10.6 Å². The number of nitrogens with zero attached hydrogens (tertiary/aromatic N) is 4. The van der Waals surface area contributed by atoms with Crippen LogP contribution in [0.1, 0.15) is 37.2 Å². The Morgan fingerprint density at radius 2 is 1.66 bits per heavy atom. The van der Waals surface area contributed by atoms with Gasteiger partial charge in [0.05, 0.1) is 34.5 Å². The van der Waals surface area contributed by atoms with E-state index in [1.165, 1.54) is 5.56 Å². The maximum absolute atomic E-state index is 6.00. The third-order valence-corrected chi connectivity index (χ3v) is 9.67. The molecule has 8 rings (SSSR count). The van der Waals surface area contributed by atoms with Crippen molar-refractivity contribution in [2.24, 2.45) is 11.8 Å². The first kappa shape index (κ1) is 26.8. The van der Waals surface area contributed by atoms with Crippen LogP contribution >= 0.6 is 0 Å². The SMILES string of the molecule is Cc1cc(Nc2ccc3nc(-c4ccc(Nc5cc(C)nc6ccc(C78CCOC(C)C7[C@H]8C)cc56)cn4)[nH]c3c2)ccn1. The van der Waals surface area contributed by atoms with Crippen molar-refractivity contribution < 1.29 is 4.74 Å². The lowest BCUT2D eigenvalue weighted by molar-refractivity contribution is 0.0121. The minimum atomic E-state index is 0.207. The average molecular weight is 582 g/mol. The van der Waals surface area contributed by atoms with Crippen LogP contribution in [0.2, 0.25) is 0 Å². The summed E-state index contributed by atoms with van der Waals surface area (Å²) in [7, 11) is 0. The Bertz CT molecular complexity index is 2040. The van der Waals surface area contributed by atoms with Crippen LogP contribution in [0.4, 0.5) is 22.7 Å². The van der Waals surface area contributed by atoms with Gasteiger partial charge in [0.25, 0.3) is 0 Å². The van der Waals surface area contributed by atoms with Crippen LogP contribution in [-0.4, -0.2) is 37.6 Å². The number of anilines is 4. The van der Waals surface area contributed by atoms with E-state index in [0.29, 0.717) is 17.9 Å². The highest BCUT2D eigenvalue weighted by Crippen LogP contribution is 2.66. The molecule has 4 aromatic heterocycles. The number of ether oxygens (including phenoxy) is 1. The zero-order valence-corrected chi connectivity index (χ0v) is 25.3. The first-order valence-corrected chi connectivity index (χ1v) is 15.3. The van der Waals surface area contributed by atoms with Crippen molar-refractivity contribution in [3.63, 3.8) is 0 Å². The smallest absolute Gasteiger partial charge is 0.157 e. The van der Waals surface area contributed by atoms with Crippen molar-refractivity contribution in [2.45, 2.75) is 45.6 Å². The molecule has 0 spiro atoms. The third-order valence-electron chi connectivity index (χ3n) is 9.67. The lowest BCUT2D eigenvalue weighted by atomic mass is 9.85. The monoisotopic (exact) mass is 581 g/mol. The van der Waals surface area contributed by atoms with Crippen LogP contribution in [0.5, 0.6) is 0 Å². The van der Waals surface area contributed by atoms with Crippen LogP contribution in [0.15, 0.2) is 79.1 Å². The Kier molecular flexibility index (Phi) is 6.17. The highest BCUT2D eigenvalue weighted by molar-refractivity contribution is 5.94. The summed E-state index contributed by atoms with van der Waals surface area (Å²) in [6.07, 6.45) is 5.05.